The third kappa shape index (κ3) is 5.06. The summed E-state index contributed by atoms with van der Waals surface area (Å²) in [6.07, 6.45) is 1.69. The Morgan fingerprint density at radius 3 is 2.31 bits per heavy atom. The highest BCUT2D eigenvalue weighted by atomic mass is 32.2. The maximum Gasteiger partial charge on any atom is 0.294 e. The van der Waals surface area contributed by atoms with E-state index in [4.69, 9.17) is 0 Å². The number of anilines is 2. The van der Waals surface area contributed by atoms with Crippen molar-refractivity contribution in [2.45, 2.75) is 13.8 Å². The minimum Gasteiger partial charge on any atom is -0.372 e. The molecule has 3 rings (SSSR count). The molecule has 2 aromatic rings. The number of para-hydroxylation sites is 1. The van der Waals surface area contributed by atoms with Gasteiger partial charge in [0.2, 0.25) is 5.91 Å². The van der Waals surface area contributed by atoms with Crippen molar-refractivity contribution in [1.29, 1.82) is 0 Å². The van der Waals surface area contributed by atoms with Gasteiger partial charge >= 0.3 is 0 Å². The van der Waals surface area contributed by atoms with Crippen LogP contribution < -0.4 is 10.2 Å². The molecule has 0 atom stereocenters. The van der Waals surface area contributed by atoms with Crippen LogP contribution in [0.15, 0.2) is 59.5 Å². The normalized spacial score (nSPS) is 15.1. The summed E-state index contributed by atoms with van der Waals surface area (Å²) in [6, 6.07) is 16.8. The number of imide groups is 1. The Hall–Kier alpha value is -3.06. The zero-order chi connectivity index (χ0) is 20.8. The molecule has 0 bridgehead atoms. The number of thioether (sulfide) groups is 1. The fourth-order valence-corrected chi connectivity index (χ4v) is 3.86. The van der Waals surface area contributed by atoms with E-state index in [-0.39, 0.29) is 6.54 Å². The van der Waals surface area contributed by atoms with E-state index in [2.05, 4.69) is 24.1 Å². The van der Waals surface area contributed by atoms with Crippen molar-refractivity contribution in [3.8, 4) is 0 Å². The Morgan fingerprint density at radius 2 is 1.69 bits per heavy atom. The molecule has 1 N–H and O–H groups in total. The largest absolute Gasteiger partial charge is 0.372 e. The van der Waals surface area contributed by atoms with E-state index in [0.29, 0.717) is 10.6 Å². The molecule has 0 unspecified atom stereocenters. The highest BCUT2D eigenvalue weighted by molar-refractivity contribution is 8.18. The summed E-state index contributed by atoms with van der Waals surface area (Å²) in [5.41, 5.74) is 2.56. The summed E-state index contributed by atoms with van der Waals surface area (Å²) in [5.74, 6) is -0.862. The van der Waals surface area contributed by atoms with Crippen molar-refractivity contribution >= 4 is 46.3 Å². The molecule has 0 saturated carbocycles. The maximum absolute atomic E-state index is 12.6. The Kier molecular flexibility index (Phi) is 6.72. The van der Waals surface area contributed by atoms with Crippen molar-refractivity contribution in [3.05, 3.63) is 65.1 Å². The van der Waals surface area contributed by atoms with Gasteiger partial charge in [-0.25, -0.2) is 0 Å². The third-order valence-corrected chi connectivity index (χ3v) is 5.46. The van der Waals surface area contributed by atoms with Crippen LogP contribution in [0.3, 0.4) is 0 Å². The molecule has 1 heterocycles. The van der Waals surface area contributed by atoms with E-state index in [9.17, 15) is 14.4 Å². The summed E-state index contributed by atoms with van der Waals surface area (Å²) in [7, 11) is 0. The number of benzene rings is 2. The van der Waals surface area contributed by atoms with Crippen LogP contribution in [0.25, 0.3) is 6.08 Å². The van der Waals surface area contributed by atoms with Gasteiger partial charge in [0, 0.05) is 24.5 Å². The maximum atomic E-state index is 12.6. The van der Waals surface area contributed by atoms with Crippen LogP contribution in [0.5, 0.6) is 0 Å². The van der Waals surface area contributed by atoms with Gasteiger partial charge in [0.1, 0.15) is 6.54 Å². The Labute approximate surface area is 174 Å². The highest BCUT2D eigenvalue weighted by Crippen LogP contribution is 2.32. The first-order valence-electron chi connectivity index (χ1n) is 9.47. The molecule has 7 heteroatoms. The lowest BCUT2D eigenvalue weighted by Gasteiger charge is -2.20. The lowest BCUT2D eigenvalue weighted by molar-refractivity contribution is -0.127. The zero-order valence-corrected chi connectivity index (χ0v) is 17.2. The molecular formula is C22H23N3O3S. The Morgan fingerprint density at radius 1 is 1.03 bits per heavy atom. The topological polar surface area (TPSA) is 69.7 Å². The van der Waals surface area contributed by atoms with E-state index in [1.54, 1.807) is 30.3 Å². The molecule has 0 aliphatic carbocycles. The van der Waals surface area contributed by atoms with Gasteiger partial charge in [-0.2, -0.15) is 0 Å². The quantitative estimate of drug-likeness (QED) is 0.694. The smallest absolute Gasteiger partial charge is 0.294 e. The van der Waals surface area contributed by atoms with Crippen molar-refractivity contribution in [1.82, 2.24) is 4.90 Å². The minimum absolute atomic E-state index is 0.308. The summed E-state index contributed by atoms with van der Waals surface area (Å²) >= 11 is 0.853. The van der Waals surface area contributed by atoms with Crippen molar-refractivity contribution in [2.24, 2.45) is 0 Å². The molecule has 1 fully saturated rings. The first-order chi connectivity index (χ1) is 14.0. The average Bonchev–Trinajstić information content (AvgIpc) is 2.98. The predicted molar refractivity (Wildman–Crippen MR) is 118 cm³/mol. The second-order valence-electron chi connectivity index (χ2n) is 6.45. The number of rotatable bonds is 7. The number of carbonyl (C=O) groups excluding carboxylic acids is 3. The van der Waals surface area contributed by atoms with Gasteiger partial charge < -0.3 is 10.2 Å². The second kappa shape index (κ2) is 9.43. The van der Waals surface area contributed by atoms with Crippen LogP contribution in [0.1, 0.15) is 19.4 Å². The first kappa shape index (κ1) is 20.7. The number of carbonyl (C=O) groups is 3. The van der Waals surface area contributed by atoms with Gasteiger partial charge in [0.25, 0.3) is 11.1 Å². The van der Waals surface area contributed by atoms with Crippen molar-refractivity contribution in [2.75, 3.05) is 29.9 Å². The number of nitrogens with zero attached hydrogens (tertiary/aromatic N) is 2. The summed E-state index contributed by atoms with van der Waals surface area (Å²) in [4.78, 5) is 40.5. The first-order valence-corrected chi connectivity index (χ1v) is 10.3. The molecule has 0 spiro atoms. The second-order valence-corrected chi connectivity index (χ2v) is 7.44. The van der Waals surface area contributed by atoms with Crippen molar-refractivity contribution < 1.29 is 14.4 Å². The van der Waals surface area contributed by atoms with Crippen molar-refractivity contribution in [3.63, 3.8) is 0 Å². The lowest BCUT2D eigenvalue weighted by Crippen LogP contribution is -2.36. The van der Waals surface area contributed by atoms with Crippen LogP contribution in [-0.2, 0) is 9.59 Å². The van der Waals surface area contributed by atoms with Crippen LogP contribution in [-0.4, -0.2) is 41.6 Å². The molecule has 1 aliphatic rings. The average molecular weight is 410 g/mol. The highest BCUT2D eigenvalue weighted by Gasteiger charge is 2.36. The monoisotopic (exact) mass is 409 g/mol. The summed E-state index contributed by atoms with van der Waals surface area (Å²) in [5, 5.41) is 2.24. The van der Waals surface area contributed by atoms with E-state index < -0.39 is 17.1 Å². The Balaban J connectivity index is 1.67. The molecule has 6 nitrogen and oxygen atoms in total. The predicted octanol–water partition coefficient (Wildman–Crippen LogP) is 4.21. The van der Waals surface area contributed by atoms with Gasteiger partial charge in [-0.3, -0.25) is 19.3 Å². The lowest BCUT2D eigenvalue weighted by atomic mass is 10.1. The van der Waals surface area contributed by atoms with E-state index >= 15 is 0 Å². The van der Waals surface area contributed by atoms with Gasteiger partial charge in [0.05, 0.1) is 4.91 Å². The number of amides is 3. The van der Waals surface area contributed by atoms with Gasteiger partial charge in [-0.05, 0) is 61.5 Å². The van der Waals surface area contributed by atoms with Crippen LogP contribution in [0, 0.1) is 0 Å². The summed E-state index contributed by atoms with van der Waals surface area (Å²) in [6.45, 7) is 5.72. The molecule has 0 radical (unpaired) electrons. The molecule has 2 aromatic carbocycles. The molecule has 1 aliphatic heterocycles. The molecular weight excluding hydrogens is 386 g/mol. The van der Waals surface area contributed by atoms with E-state index in [1.165, 1.54) is 0 Å². The number of nitrogens with one attached hydrogen (secondary N) is 1. The molecule has 1 saturated heterocycles. The number of hydrogen-bond donors (Lipinski definition) is 1. The molecule has 3 amide bonds. The zero-order valence-electron chi connectivity index (χ0n) is 16.4. The fourth-order valence-electron chi connectivity index (χ4n) is 3.02. The van der Waals surface area contributed by atoms with Gasteiger partial charge in [0.15, 0.2) is 0 Å². The molecule has 0 aromatic heterocycles. The van der Waals surface area contributed by atoms with E-state index in [0.717, 1.165) is 41.0 Å². The van der Waals surface area contributed by atoms with E-state index in [1.807, 2.05) is 30.3 Å². The van der Waals surface area contributed by atoms with Gasteiger partial charge in [-0.15, -0.1) is 0 Å². The summed E-state index contributed by atoms with van der Waals surface area (Å²) < 4.78 is 0. The SMILES string of the molecule is CCN(CC)c1ccc(/C=C2\SC(=O)N(CC(=O)Nc3ccccc3)C2=O)cc1. The third-order valence-electron chi connectivity index (χ3n) is 4.55. The van der Waals surface area contributed by atoms with Gasteiger partial charge in [-0.1, -0.05) is 30.3 Å². The van der Waals surface area contributed by atoms with Crippen LogP contribution in [0.4, 0.5) is 16.2 Å². The van der Waals surface area contributed by atoms with Crippen LogP contribution >= 0.6 is 11.8 Å². The standard InChI is InChI=1S/C22H23N3O3S/c1-3-24(4-2)18-12-10-16(11-13-18)14-19-21(27)25(22(28)29-19)15-20(26)23-17-8-6-5-7-9-17/h5-14H,3-4,15H2,1-2H3,(H,23,26)/b19-14-. The Bertz CT molecular complexity index is 922. The van der Waals surface area contributed by atoms with Crippen LogP contribution in [0.2, 0.25) is 0 Å². The molecule has 29 heavy (non-hydrogen) atoms. The minimum atomic E-state index is -0.448. The molecule has 150 valence electrons. The number of hydrogen-bond acceptors (Lipinski definition) is 5. The fraction of sp³-hybridized carbons (Fsp3) is 0.227.